The van der Waals surface area contributed by atoms with Gasteiger partial charge in [-0.15, -0.1) is 10.2 Å². The molecule has 0 fully saturated rings. The van der Waals surface area contributed by atoms with Crippen LogP contribution in [0.4, 0.5) is 5.69 Å². The number of nitrogens with zero attached hydrogens (tertiary/aromatic N) is 4. The van der Waals surface area contributed by atoms with Gasteiger partial charge in [0.2, 0.25) is 11.6 Å². The number of carbonyl (C=O) groups is 1. The van der Waals surface area contributed by atoms with Gasteiger partial charge in [-0.1, -0.05) is 38.1 Å². The van der Waals surface area contributed by atoms with Crippen LogP contribution in [0.3, 0.4) is 0 Å². The molecule has 0 unspecified atom stereocenters. The second-order valence-corrected chi connectivity index (χ2v) is 7.01. The van der Waals surface area contributed by atoms with Gasteiger partial charge in [-0.2, -0.15) is 0 Å². The van der Waals surface area contributed by atoms with Crippen LogP contribution in [-0.4, -0.2) is 25.1 Å². The number of aromatic nitrogens is 4. The highest BCUT2D eigenvalue weighted by molar-refractivity contribution is 5.91. The molecule has 4 rings (SSSR count). The summed E-state index contributed by atoms with van der Waals surface area (Å²) in [5, 5.41) is 11.2. The van der Waals surface area contributed by atoms with E-state index in [1.165, 1.54) is 4.57 Å². The van der Waals surface area contributed by atoms with Crippen molar-refractivity contribution >= 4 is 28.3 Å². The molecule has 1 amide bonds. The molecule has 0 aliphatic carbocycles. The number of benzene rings is 2. The second-order valence-electron chi connectivity index (χ2n) is 7.01. The Labute approximate surface area is 168 Å². The van der Waals surface area contributed by atoms with Crippen molar-refractivity contribution in [1.29, 1.82) is 0 Å². The van der Waals surface area contributed by atoms with E-state index < -0.39 is 0 Å². The highest BCUT2D eigenvalue weighted by Crippen LogP contribution is 2.17. The van der Waals surface area contributed by atoms with Crippen LogP contribution >= 0.6 is 0 Å². The molecular formula is C22H23N5O2. The zero-order chi connectivity index (χ0) is 20.4. The van der Waals surface area contributed by atoms with E-state index >= 15 is 0 Å². The summed E-state index contributed by atoms with van der Waals surface area (Å²) in [6.07, 6.45) is 2.51. The van der Waals surface area contributed by atoms with E-state index in [2.05, 4.69) is 29.4 Å². The number of amides is 1. The topological polar surface area (TPSA) is 81.3 Å². The molecule has 0 atom stereocenters. The molecule has 29 heavy (non-hydrogen) atoms. The van der Waals surface area contributed by atoms with E-state index in [9.17, 15) is 9.59 Å². The van der Waals surface area contributed by atoms with Gasteiger partial charge in [-0.3, -0.25) is 18.6 Å². The van der Waals surface area contributed by atoms with Crippen LogP contribution < -0.4 is 10.9 Å². The van der Waals surface area contributed by atoms with Gasteiger partial charge >= 0.3 is 0 Å². The quantitative estimate of drug-likeness (QED) is 0.549. The first kappa shape index (κ1) is 18.9. The first-order chi connectivity index (χ1) is 14.1. The zero-order valence-electron chi connectivity index (χ0n) is 16.6. The smallest absolute Gasteiger partial charge is 0.297 e. The highest BCUT2D eigenvalue weighted by Gasteiger charge is 2.17. The van der Waals surface area contributed by atoms with Crippen LogP contribution in [0.25, 0.3) is 16.7 Å². The number of fused-ring (bicyclic) bond motifs is 3. The number of para-hydroxylation sites is 2. The molecule has 0 bridgehead atoms. The van der Waals surface area contributed by atoms with Crippen LogP contribution in [-0.2, 0) is 24.2 Å². The standard InChI is InChI=1S/C22H23N5O2/c1-3-8-19-24-25-21-22(29)26(17-11-5-6-12-18(17)27(19)21)14-20(28)23-16-10-7-9-15(4-2)13-16/h5-7,9-13H,3-4,8,14H2,1-2H3,(H,23,28). The summed E-state index contributed by atoms with van der Waals surface area (Å²) in [4.78, 5) is 25.8. The van der Waals surface area contributed by atoms with Gasteiger partial charge in [0, 0.05) is 12.1 Å². The lowest BCUT2D eigenvalue weighted by molar-refractivity contribution is -0.116. The third-order valence-electron chi connectivity index (χ3n) is 4.97. The van der Waals surface area contributed by atoms with Crippen LogP contribution in [0.5, 0.6) is 0 Å². The molecule has 0 saturated carbocycles. The van der Waals surface area contributed by atoms with Crippen molar-refractivity contribution in [3.05, 3.63) is 70.3 Å². The first-order valence-corrected chi connectivity index (χ1v) is 9.86. The SMILES string of the molecule is CCCc1nnc2c(=O)n(CC(=O)Nc3cccc(CC)c3)c3ccccc3n12. The average molecular weight is 389 g/mol. The summed E-state index contributed by atoms with van der Waals surface area (Å²) in [6.45, 7) is 4.03. The summed E-state index contributed by atoms with van der Waals surface area (Å²) < 4.78 is 3.27. The van der Waals surface area contributed by atoms with Gasteiger partial charge < -0.3 is 5.32 Å². The fourth-order valence-electron chi connectivity index (χ4n) is 3.58. The van der Waals surface area contributed by atoms with E-state index in [1.807, 2.05) is 48.5 Å². The number of anilines is 1. The molecule has 0 aliphatic rings. The zero-order valence-corrected chi connectivity index (χ0v) is 16.6. The van der Waals surface area contributed by atoms with Gasteiger partial charge in [0.25, 0.3) is 5.56 Å². The van der Waals surface area contributed by atoms with Gasteiger partial charge in [-0.05, 0) is 42.7 Å². The van der Waals surface area contributed by atoms with Crippen molar-refractivity contribution in [1.82, 2.24) is 19.2 Å². The Bertz CT molecular complexity index is 1260. The third kappa shape index (κ3) is 3.51. The van der Waals surface area contributed by atoms with Crippen LogP contribution in [0.2, 0.25) is 0 Å². The second kappa shape index (κ2) is 7.87. The highest BCUT2D eigenvalue weighted by atomic mass is 16.2. The minimum absolute atomic E-state index is 0.0951. The Morgan fingerprint density at radius 2 is 1.83 bits per heavy atom. The summed E-state index contributed by atoms with van der Waals surface area (Å²) in [5.74, 6) is 0.493. The number of hydrogen-bond donors (Lipinski definition) is 1. The van der Waals surface area contributed by atoms with Crippen LogP contribution in [0.15, 0.2) is 53.3 Å². The molecule has 2 aromatic heterocycles. The monoisotopic (exact) mass is 389 g/mol. The normalized spacial score (nSPS) is 11.2. The largest absolute Gasteiger partial charge is 0.325 e. The molecule has 2 heterocycles. The molecule has 0 saturated heterocycles. The molecule has 2 aromatic carbocycles. The van der Waals surface area contributed by atoms with Crippen molar-refractivity contribution in [2.45, 2.75) is 39.7 Å². The molecule has 0 radical (unpaired) electrons. The minimum Gasteiger partial charge on any atom is -0.325 e. The van der Waals surface area contributed by atoms with Crippen molar-refractivity contribution in [3.63, 3.8) is 0 Å². The summed E-state index contributed by atoms with van der Waals surface area (Å²) in [5.41, 5.74) is 3.28. The Morgan fingerprint density at radius 3 is 2.59 bits per heavy atom. The van der Waals surface area contributed by atoms with E-state index in [-0.39, 0.29) is 23.7 Å². The van der Waals surface area contributed by atoms with Gasteiger partial charge in [0.1, 0.15) is 12.4 Å². The molecule has 0 aliphatic heterocycles. The maximum atomic E-state index is 13.1. The number of hydrogen-bond acceptors (Lipinski definition) is 4. The van der Waals surface area contributed by atoms with Gasteiger partial charge in [0.15, 0.2) is 0 Å². The van der Waals surface area contributed by atoms with Crippen molar-refractivity contribution in [2.75, 3.05) is 5.32 Å². The summed E-state index contributed by atoms with van der Waals surface area (Å²) in [7, 11) is 0. The molecular weight excluding hydrogens is 366 g/mol. The molecule has 4 aromatic rings. The predicted molar refractivity (Wildman–Crippen MR) is 113 cm³/mol. The molecule has 7 nitrogen and oxygen atoms in total. The Kier molecular flexibility index (Phi) is 5.12. The first-order valence-electron chi connectivity index (χ1n) is 9.86. The van der Waals surface area contributed by atoms with E-state index in [1.54, 1.807) is 4.40 Å². The van der Waals surface area contributed by atoms with E-state index in [0.29, 0.717) is 5.52 Å². The molecule has 148 valence electrons. The van der Waals surface area contributed by atoms with Crippen LogP contribution in [0, 0.1) is 0 Å². The average Bonchev–Trinajstić information content (AvgIpc) is 3.15. The third-order valence-corrected chi connectivity index (χ3v) is 4.97. The summed E-state index contributed by atoms with van der Waals surface area (Å²) in [6, 6.07) is 15.2. The fraction of sp³-hybridized carbons (Fsp3) is 0.273. The predicted octanol–water partition coefficient (Wildman–Crippen LogP) is 3.20. The van der Waals surface area contributed by atoms with E-state index in [0.717, 1.165) is 41.9 Å². The lowest BCUT2D eigenvalue weighted by Gasteiger charge is -2.13. The van der Waals surface area contributed by atoms with Crippen LogP contribution in [0.1, 0.15) is 31.7 Å². The van der Waals surface area contributed by atoms with Crippen molar-refractivity contribution in [3.8, 4) is 0 Å². The van der Waals surface area contributed by atoms with E-state index in [4.69, 9.17) is 0 Å². The number of aryl methyl sites for hydroxylation is 2. The number of nitrogens with one attached hydrogen (secondary N) is 1. The summed E-state index contributed by atoms with van der Waals surface area (Å²) >= 11 is 0. The molecule has 7 heteroatoms. The lowest BCUT2D eigenvalue weighted by Crippen LogP contribution is -2.29. The number of carbonyl (C=O) groups excluding carboxylic acids is 1. The van der Waals surface area contributed by atoms with Gasteiger partial charge in [-0.25, -0.2) is 0 Å². The molecule has 1 N–H and O–H groups in total. The lowest BCUT2D eigenvalue weighted by atomic mass is 10.1. The Balaban J connectivity index is 1.76. The number of rotatable bonds is 6. The van der Waals surface area contributed by atoms with Crippen molar-refractivity contribution in [2.24, 2.45) is 0 Å². The minimum atomic E-state index is -0.323. The molecule has 0 spiro atoms. The van der Waals surface area contributed by atoms with Gasteiger partial charge in [0.05, 0.1) is 11.0 Å². The Morgan fingerprint density at radius 1 is 1.03 bits per heavy atom. The maximum Gasteiger partial charge on any atom is 0.297 e. The van der Waals surface area contributed by atoms with Crippen molar-refractivity contribution < 1.29 is 4.79 Å². The Hall–Kier alpha value is -3.48. The fourth-order valence-corrected chi connectivity index (χ4v) is 3.58. The maximum absolute atomic E-state index is 13.1.